The van der Waals surface area contributed by atoms with Gasteiger partial charge in [0.25, 0.3) is 10.1 Å². The second-order valence-electron chi connectivity index (χ2n) is 8.83. The molecule has 30 heavy (non-hydrogen) atoms. The molecule has 0 saturated carbocycles. The van der Waals surface area contributed by atoms with E-state index in [-0.39, 0.29) is 17.6 Å². The van der Waals surface area contributed by atoms with Gasteiger partial charge in [0.15, 0.2) is 0 Å². The van der Waals surface area contributed by atoms with Crippen molar-refractivity contribution in [3.63, 3.8) is 0 Å². The lowest BCUT2D eigenvalue weighted by Crippen LogP contribution is -2.32. The average molecular weight is 467 g/mol. The standard InChI is InChI=1S/C20H34O8S2/c1-19(2,29-28-27-23)11-9-17(21)13-15-5-7-16(8-6-15)14-18(22)10-12-20(3,4)30(24,25)26/h5-8,17-18,21-23H,9-14H2,1-4H3,(H,24,25,26). The number of aliphatic hydroxyl groups is 2. The van der Waals surface area contributed by atoms with Crippen LogP contribution in [-0.2, 0) is 32.3 Å². The van der Waals surface area contributed by atoms with E-state index in [2.05, 4.69) is 9.37 Å². The van der Waals surface area contributed by atoms with Crippen molar-refractivity contribution in [3.8, 4) is 0 Å². The van der Waals surface area contributed by atoms with Crippen LogP contribution < -0.4 is 0 Å². The predicted molar refractivity (Wildman–Crippen MR) is 116 cm³/mol. The smallest absolute Gasteiger partial charge is 0.270 e. The zero-order valence-electron chi connectivity index (χ0n) is 17.9. The number of hydrogen-bond donors (Lipinski definition) is 4. The van der Waals surface area contributed by atoms with E-state index in [1.807, 2.05) is 38.1 Å². The number of benzene rings is 1. The summed E-state index contributed by atoms with van der Waals surface area (Å²) in [7, 11) is -4.17. The Morgan fingerprint density at radius 3 is 1.77 bits per heavy atom. The highest BCUT2D eigenvalue weighted by molar-refractivity contribution is 7.95. The average Bonchev–Trinajstić information content (AvgIpc) is 2.64. The van der Waals surface area contributed by atoms with E-state index in [0.717, 1.165) is 23.2 Å². The van der Waals surface area contributed by atoms with Gasteiger partial charge in [0, 0.05) is 16.8 Å². The largest absolute Gasteiger partial charge is 0.393 e. The highest BCUT2D eigenvalue weighted by atomic mass is 32.2. The monoisotopic (exact) mass is 466 g/mol. The van der Waals surface area contributed by atoms with Gasteiger partial charge in [-0.05, 0) is 77.3 Å². The van der Waals surface area contributed by atoms with Crippen LogP contribution in [0.5, 0.6) is 0 Å². The molecule has 2 atom stereocenters. The van der Waals surface area contributed by atoms with Gasteiger partial charge < -0.3 is 10.2 Å². The van der Waals surface area contributed by atoms with Gasteiger partial charge in [-0.1, -0.05) is 29.3 Å². The van der Waals surface area contributed by atoms with Crippen LogP contribution in [0, 0.1) is 0 Å². The molecule has 1 aromatic rings. The highest BCUT2D eigenvalue weighted by Gasteiger charge is 2.32. The molecular weight excluding hydrogens is 432 g/mol. The zero-order chi connectivity index (χ0) is 23.0. The summed E-state index contributed by atoms with van der Waals surface area (Å²) < 4.78 is 34.7. The Labute approximate surface area is 183 Å². The van der Waals surface area contributed by atoms with Crippen LogP contribution in [0.3, 0.4) is 0 Å². The van der Waals surface area contributed by atoms with E-state index in [1.54, 1.807) is 0 Å². The Morgan fingerprint density at radius 2 is 1.37 bits per heavy atom. The maximum Gasteiger partial charge on any atom is 0.270 e. The van der Waals surface area contributed by atoms with Gasteiger partial charge in [0.05, 0.1) is 17.0 Å². The maximum atomic E-state index is 11.3. The summed E-state index contributed by atoms with van der Waals surface area (Å²) in [5.41, 5.74) is 1.87. The molecule has 10 heteroatoms. The maximum absolute atomic E-state index is 11.3. The van der Waals surface area contributed by atoms with Crippen molar-refractivity contribution in [1.82, 2.24) is 0 Å². The Hall–Kier alpha value is -0.720. The topological polar surface area (TPSA) is 134 Å². The molecule has 0 saturated heterocycles. The molecule has 2 unspecified atom stereocenters. The van der Waals surface area contributed by atoms with Crippen LogP contribution >= 0.6 is 12.0 Å². The molecule has 1 rings (SSSR count). The summed E-state index contributed by atoms with van der Waals surface area (Å²) in [5, 5.41) is 32.3. The summed E-state index contributed by atoms with van der Waals surface area (Å²) in [6, 6.07) is 7.56. The van der Waals surface area contributed by atoms with Crippen LogP contribution in [0.25, 0.3) is 0 Å². The molecule has 174 valence electrons. The van der Waals surface area contributed by atoms with E-state index >= 15 is 0 Å². The molecule has 0 aromatic heterocycles. The minimum atomic E-state index is -4.17. The Kier molecular flexibility index (Phi) is 10.7. The highest BCUT2D eigenvalue weighted by Crippen LogP contribution is 2.31. The van der Waals surface area contributed by atoms with Crippen molar-refractivity contribution in [3.05, 3.63) is 35.4 Å². The molecule has 0 heterocycles. The van der Waals surface area contributed by atoms with Crippen molar-refractivity contribution in [2.45, 2.75) is 87.9 Å². The lowest BCUT2D eigenvalue weighted by molar-refractivity contribution is -0.432. The van der Waals surface area contributed by atoms with Gasteiger partial charge in [-0.15, -0.1) is 4.33 Å². The summed E-state index contributed by atoms with van der Waals surface area (Å²) in [6.07, 6.45) is 1.25. The summed E-state index contributed by atoms with van der Waals surface area (Å²) in [5.74, 6) is 0. The fourth-order valence-corrected chi connectivity index (χ4v) is 3.66. The molecular formula is C20H34O8S2. The number of aliphatic hydroxyl groups excluding tert-OH is 2. The lowest BCUT2D eigenvalue weighted by atomic mass is 9.96. The molecule has 0 radical (unpaired) electrons. The van der Waals surface area contributed by atoms with Gasteiger partial charge in [-0.25, -0.2) is 5.26 Å². The van der Waals surface area contributed by atoms with Gasteiger partial charge in [0.1, 0.15) is 0 Å². The van der Waals surface area contributed by atoms with Crippen LogP contribution in [0.2, 0.25) is 0 Å². The summed E-state index contributed by atoms with van der Waals surface area (Å²) in [6.45, 7) is 6.70. The van der Waals surface area contributed by atoms with Crippen LogP contribution in [0.4, 0.5) is 0 Å². The molecule has 0 spiro atoms. The Morgan fingerprint density at radius 1 is 0.933 bits per heavy atom. The molecule has 8 nitrogen and oxygen atoms in total. The lowest BCUT2D eigenvalue weighted by Gasteiger charge is -2.23. The van der Waals surface area contributed by atoms with Crippen molar-refractivity contribution in [2.24, 2.45) is 0 Å². The molecule has 0 amide bonds. The van der Waals surface area contributed by atoms with E-state index in [1.165, 1.54) is 13.8 Å². The first kappa shape index (κ1) is 27.3. The van der Waals surface area contributed by atoms with Gasteiger partial charge in [0.2, 0.25) is 0 Å². The second-order valence-corrected chi connectivity index (χ2v) is 12.3. The zero-order valence-corrected chi connectivity index (χ0v) is 19.6. The first-order chi connectivity index (χ1) is 13.8. The Balaban J connectivity index is 2.47. The van der Waals surface area contributed by atoms with E-state index in [4.69, 9.17) is 5.26 Å². The molecule has 4 N–H and O–H groups in total. The second kappa shape index (κ2) is 11.8. The third-order valence-corrected chi connectivity index (χ3v) is 7.50. The molecule has 0 aliphatic rings. The Bertz CT molecular complexity index is 732. The van der Waals surface area contributed by atoms with Gasteiger partial charge in [-0.2, -0.15) is 8.42 Å². The molecule has 0 fully saturated rings. The summed E-state index contributed by atoms with van der Waals surface area (Å²) in [4.78, 5) is 0. The minimum Gasteiger partial charge on any atom is -0.393 e. The van der Waals surface area contributed by atoms with E-state index in [9.17, 15) is 23.2 Å². The molecule has 1 aromatic carbocycles. The normalized spacial score (nSPS) is 15.2. The fraction of sp³-hybridized carbons (Fsp3) is 0.700. The van der Waals surface area contributed by atoms with Crippen molar-refractivity contribution >= 4 is 22.2 Å². The molecule has 0 aliphatic heterocycles. The predicted octanol–water partition coefficient (Wildman–Crippen LogP) is 3.57. The van der Waals surface area contributed by atoms with Crippen molar-refractivity contribution < 1.29 is 37.8 Å². The minimum absolute atomic E-state index is 0.154. The number of rotatable bonds is 14. The van der Waals surface area contributed by atoms with Crippen molar-refractivity contribution in [1.29, 1.82) is 0 Å². The van der Waals surface area contributed by atoms with Crippen LogP contribution in [0.1, 0.15) is 64.5 Å². The third-order valence-electron chi connectivity index (χ3n) is 5.11. The summed E-state index contributed by atoms with van der Waals surface area (Å²) >= 11 is 0.987. The fourth-order valence-electron chi connectivity index (χ4n) is 2.87. The van der Waals surface area contributed by atoms with E-state index < -0.39 is 27.1 Å². The molecule has 0 bridgehead atoms. The van der Waals surface area contributed by atoms with Crippen LogP contribution in [0.15, 0.2) is 24.3 Å². The van der Waals surface area contributed by atoms with Crippen molar-refractivity contribution in [2.75, 3.05) is 0 Å². The SMILES string of the molecule is CC(C)(CCC(O)Cc1ccc(CC(O)CCC(C)(C)S(=O)(=O)O)cc1)SOOO. The number of hydrogen-bond acceptors (Lipinski definition) is 8. The molecule has 0 aliphatic carbocycles. The first-order valence-electron chi connectivity index (χ1n) is 9.83. The van der Waals surface area contributed by atoms with Gasteiger partial charge >= 0.3 is 0 Å². The quantitative estimate of drug-likeness (QED) is 0.140. The first-order valence-corrected chi connectivity index (χ1v) is 12.0. The van der Waals surface area contributed by atoms with Crippen LogP contribution in [-0.4, -0.2) is 50.1 Å². The third kappa shape index (κ3) is 10.1. The van der Waals surface area contributed by atoms with E-state index in [0.29, 0.717) is 25.7 Å². The van der Waals surface area contributed by atoms with Gasteiger partial charge in [-0.3, -0.25) is 4.55 Å².